The first-order valence-electron chi connectivity index (χ1n) is 4.26. The van der Waals surface area contributed by atoms with Crippen molar-refractivity contribution in [3.05, 3.63) is 23.0 Å². The van der Waals surface area contributed by atoms with Gasteiger partial charge in [0.05, 0.1) is 31.4 Å². The minimum atomic E-state index is -2.85. The zero-order chi connectivity index (χ0) is 12.1. The molecule has 6 heteroatoms. The van der Waals surface area contributed by atoms with Crippen molar-refractivity contribution in [2.75, 3.05) is 7.11 Å². The van der Waals surface area contributed by atoms with Gasteiger partial charge in [-0.3, -0.25) is 0 Å². The molecule has 82 valence electrons. The third-order valence-corrected chi connectivity index (χ3v) is 1.97. The van der Waals surface area contributed by atoms with Gasteiger partial charge in [-0.05, 0) is 0 Å². The number of pyridine rings is 1. The highest BCUT2D eigenvalue weighted by molar-refractivity contribution is 5.49. The second kappa shape index (κ2) is 5.04. The van der Waals surface area contributed by atoms with E-state index in [0.29, 0.717) is 0 Å². The molecule has 1 rings (SSSR count). The van der Waals surface area contributed by atoms with E-state index < -0.39 is 12.1 Å². The first-order chi connectivity index (χ1) is 7.65. The van der Waals surface area contributed by atoms with Gasteiger partial charge < -0.3 is 4.74 Å². The van der Waals surface area contributed by atoms with Gasteiger partial charge in [-0.1, -0.05) is 0 Å². The Kier molecular flexibility index (Phi) is 3.73. The Morgan fingerprint density at radius 3 is 2.62 bits per heavy atom. The van der Waals surface area contributed by atoms with E-state index in [4.69, 9.17) is 15.3 Å². The van der Waals surface area contributed by atoms with Gasteiger partial charge in [-0.25, -0.2) is 13.8 Å². The minimum Gasteiger partial charge on any atom is -0.495 e. The maximum atomic E-state index is 12.5. The Morgan fingerprint density at radius 1 is 1.50 bits per heavy atom. The van der Waals surface area contributed by atoms with E-state index in [2.05, 4.69) is 4.98 Å². The van der Waals surface area contributed by atoms with Crippen molar-refractivity contribution >= 4 is 0 Å². The fourth-order valence-corrected chi connectivity index (χ4v) is 1.27. The summed E-state index contributed by atoms with van der Waals surface area (Å²) < 4.78 is 29.9. The molecule has 16 heavy (non-hydrogen) atoms. The first kappa shape index (κ1) is 11.9. The summed E-state index contributed by atoms with van der Waals surface area (Å²) in [6, 6.07) is 3.43. The normalized spacial score (nSPS) is 9.62. The quantitative estimate of drug-likeness (QED) is 0.785. The minimum absolute atomic E-state index is 0.151. The van der Waals surface area contributed by atoms with Crippen LogP contribution in [-0.2, 0) is 6.42 Å². The Morgan fingerprint density at radius 2 is 2.19 bits per heavy atom. The lowest BCUT2D eigenvalue weighted by molar-refractivity contribution is 0.145. The highest BCUT2D eigenvalue weighted by Crippen LogP contribution is 2.28. The van der Waals surface area contributed by atoms with Gasteiger partial charge >= 0.3 is 0 Å². The molecule has 0 radical (unpaired) electrons. The van der Waals surface area contributed by atoms with E-state index >= 15 is 0 Å². The van der Waals surface area contributed by atoms with Crippen LogP contribution in [0, 0.1) is 22.7 Å². The molecule has 0 unspecified atom stereocenters. The van der Waals surface area contributed by atoms with E-state index in [9.17, 15) is 8.78 Å². The number of alkyl halides is 2. The molecule has 4 nitrogen and oxygen atoms in total. The number of nitriles is 2. The van der Waals surface area contributed by atoms with Crippen LogP contribution in [0.3, 0.4) is 0 Å². The van der Waals surface area contributed by atoms with Crippen molar-refractivity contribution in [2.24, 2.45) is 0 Å². The molecule has 0 aliphatic carbocycles. The molecule has 0 aliphatic heterocycles. The number of rotatable bonds is 3. The topological polar surface area (TPSA) is 69.7 Å². The average Bonchev–Trinajstić information content (AvgIpc) is 2.28. The summed E-state index contributed by atoms with van der Waals surface area (Å²) in [5.41, 5.74) is -0.748. The van der Waals surface area contributed by atoms with E-state index in [1.54, 1.807) is 12.1 Å². The number of methoxy groups -OCH3 is 1. The van der Waals surface area contributed by atoms with Gasteiger partial charge in [0.1, 0.15) is 17.5 Å². The third kappa shape index (κ3) is 2.06. The standard InChI is InChI=1S/C10H7F2N3O/c1-16-8-5-15-9(10(11)12)7(4-14)6(8)2-3-13/h5,10H,2H2,1H3. The van der Waals surface area contributed by atoms with Crippen LogP contribution in [0.2, 0.25) is 0 Å². The van der Waals surface area contributed by atoms with Gasteiger partial charge in [0.2, 0.25) is 0 Å². The largest absolute Gasteiger partial charge is 0.495 e. The Bertz CT molecular complexity index is 474. The van der Waals surface area contributed by atoms with Crippen LogP contribution >= 0.6 is 0 Å². The third-order valence-electron chi connectivity index (χ3n) is 1.97. The monoisotopic (exact) mass is 223 g/mol. The maximum absolute atomic E-state index is 12.5. The highest BCUT2D eigenvalue weighted by atomic mass is 19.3. The van der Waals surface area contributed by atoms with Gasteiger partial charge in [0.15, 0.2) is 0 Å². The molecule has 1 aromatic rings. The second-order valence-electron chi connectivity index (χ2n) is 2.81. The molecule has 0 N–H and O–H groups in total. The van der Waals surface area contributed by atoms with Crippen LogP contribution in [0.1, 0.15) is 23.2 Å². The number of ether oxygens (including phenoxy) is 1. The molecule has 0 saturated heterocycles. The van der Waals surface area contributed by atoms with E-state index in [1.165, 1.54) is 7.11 Å². The smallest absolute Gasteiger partial charge is 0.281 e. The lowest BCUT2D eigenvalue weighted by Gasteiger charge is -2.10. The molecule has 0 fully saturated rings. The Labute approximate surface area is 90.7 Å². The molecule has 0 amide bonds. The summed E-state index contributed by atoms with van der Waals surface area (Å²) in [7, 11) is 1.32. The molecule has 0 bridgehead atoms. The average molecular weight is 223 g/mol. The summed E-state index contributed by atoms with van der Waals surface area (Å²) in [5, 5.41) is 17.4. The molecule has 0 aromatic carbocycles. The van der Waals surface area contributed by atoms with Crippen LogP contribution < -0.4 is 4.74 Å². The fraction of sp³-hybridized carbons (Fsp3) is 0.300. The van der Waals surface area contributed by atoms with Gasteiger partial charge in [-0.2, -0.15) is 10.5 Å². The van der Waals surface area contributed by atoms with Crippen molar-refractivity contribution in [1.29, 1.82) is 10.5 Å². The molecular formula is C10H7F2N3O. The summed E-state index contributed by atoms with van der Waals surface area (Å²) in [4.78, 5) is 3.46. The van der Waals surface area contributed by atoms with Crippen LogP contribution in [0.25, 0.3) is 0 Å². The zero-order valence-corrected chi connectivity index (χ0v) is 8.37. The van der Waals surface area contributed by atoms with Crippen molar-refractivity contribution < 1.29 is 13.5 Å². The zero-order valence-electron chi connectivity index (χ0n) is 8.37. The van der Waals surface area contributed by atoms with E-state index in [1.807, 2.05) is 0 Å². The summed E-state index contributed by atoms with van der Waals surface area (Å²) in [6.07, 6.45) is -1.93. The molecule has 1 heterocycles. The van der Waals surface area contributed by atoms with Crippen LogP contribution in [0.5, 0.6) is 5.75 Å². The molecular weight excluding hydrogens is 216 g/mol. The van der Waals surface area contributed by atoms with E-state index in [-0.39, 0.29) is 23.3 Å². The Hall–Kier alpha value is -2.21. The molecule has 1 aromatic heterocycles. The molecule has 0 aliphatic rings. The van der Waals surface area contributed by atoms with Crippen LogP contribution in [0.4, 0.5) is 8.78 Å². The summed E-state index contributed by atoms with van der Waals surface area (Å²) in [5.74, 6) is 0.169. The van der Waals surface area contributed by atoms with Crippen molar-refractivity contribution in [1.82, 2.24) is 4.98 Å². The number of nitrogens with zero attached hydrogens (tertiary/aromatic N) is 3. The van der Waals surface area contributed by atoms with Crippen LogP contribution in [0.15, 0.2) is 6.20 Å². The SMILES string of the molecule is COc1cnc(C(F)F)c(C#N)c1CC#N. The van der Waals surface area contributed by atoms with Crippen molar-refractivity contribution in [3.63, 3.8) is 0 Å². The van der Waals surface area contributed by atoms with E-state index in [0.717, 1.165) is 6.20 Å². The summed E-state index contributed by atoms with van der Waals surface area (Å²) in [6.45, 7) is 0. The number of hydrogen-bond donors (Lipinski definition) is 0. The lowest BCUT2D eigenvalue weighted by atomic mass is 10.0. The van der Waals surface area contributed by atoms with Crippen molar-refractivity contribution in [3.8, 4) is 17.9 Å². The number of hydrogen-bond acceptors (Lipinski definition) is 4. The fourth-order valence-electron chi connectivity index (χ4n) is 1.27. The van der Waals surface area contributed by atoms with Gasteiger partial charge in [0, 0.05) is 5.56 Å². The molecule has 0 spiro atoms. The van der Waals surface area contributed by atoms with Gasteiger partial charge in [-0.15, -0.1) is 0 Å². The Balaban J connectivity index is 3.46. The number of aromatic nitrogens is 1. The number of halogens is 2. The highest BCUT2D eigenvalue weighted by Gasteiger charge is 2.21. The maximum Gasteiger partial charge on any atom is 0.281 e. The van der Waals surface area contributed by atoms with Gasteiger partial charge in [0.25, 0.3) is 6.43 Å². The first-order valence-corrected chi connectivity index (χ1v) is 4.26. The second-order valence-corrected chi connectivity index (χ2v) is 2.81. The molecule has 0 atom stereocenters. The van der Waals surface area contributed by atoms with Crippen LogP contribution in [-0.4, -0.2) is 12.1 Å². The van der Waals surface area contributed by atoms with Crippen molar-refractivity contribution in [2.45, 2.75) is 12.8 Å². The molecule has 0 saturated carbocycles. The lowest BCUT2D eigenvalue weighted by Crippen LogP contribution is -2.03. The summed E-state index contributed by atoms with van der Waals surface area (Å²) >= 11 is 0. The predicted molar refractivity (Wildman–Crippen MR) is 49.8 cm³/mol. The predicted octanol–water partition coefficient (Wildman–Crippen LogP) is 1.97.